The van der Waals surface area contributed by atoms with Crippen LogP contribution in [-0.2, 0) is 4.79 Å². The molecule has 28 heavy (non-hydrogen) atoms. The van der Waals surface area contributed by atoms with Gasteiger partial charge in [-0.05, 0) is 43.3 Å². The number of pyridine rings is 1. The van der Waals surface area contributed by atoms with Crippen molar-refractivity contribution in [2.24, 2.45) is 0 Å². The molecule has 0 aliphatic rings. The smallest absolute Gasteiger partial charge is 0.273 e. The molecule has 0 aliphatic heterocycles. The van der Waals surface area contributed by atoms with E-state index in [2.05, 4.69) is 20.5 Å². The predicted octanol–water partition coefficient (Wildman–Crippen LogP) is 4.34. The van der Waals surface area contributed by atoms with E-state index in [1.165, 1.54) is 6.92 Å². The van der Waals surface area contributed by atoms with Gasteiger partial charge in [-0.1, -0.05) is 30.0 Å². The van der Waals surface area contributed by atoms with Gasteiger partial charge in [0, 0.05) is 33.5 Å². The Morgan fingerprint density at radius 3 is 2.50 bits per heavy atom. The maximum absolute atomic E-state index is 12.2. The Balaban J connectivity index is 1.77. The molecule has 0 atom stereocenters. The number of H-pyrrole nitrogens is 2. The average molecular weight is 390 g/mol. The highest BCUT2D eigenvalue weighted by Gasteiger charge is 2.14. The van der Waals surface area contributed by atoms with Gasteiger partial charge in [0.2, 0.25) is 5.91 Å². The van der Waals surface area contributed by atoms with Crippen LogP contribution in [0, 0.1) is 6.92 Å². The molecule has 6 nitrogen and oxygen atoms in total. The third-order valence-electron chi connectivity index (χ3n) is 4.30. The molecule has 0 unspecified atom stereocenters. The van der Waals surface area contributed by atoms with Crippen molar-refractivity contribution in [2.75, 3.05) is 5.32 Å². The van der Waals surface area contributed by atoms with Crippen LogP contribution in [0.25, 0.3) is 22.2 Å². The van der Waals surface area contributed by atoms with E-state index in [9.17, 15) is 9.59 Å². The van der Waals surface area contributed by atoms with Gasteiger partial charge in [-0.15, -0.1) is 0 Å². The van der Waals surface area contributed by atoms with Gasteiger partial charge in [-0.3, -0.25) is 14.7 Å². The summed E-state index contributed by atoms with van der Waals surface area (Å²) in [6.07, 6.45) is 0. The molecule has 0 saturated carbocycles. The molecule has 4 rings (SSSR count). The van der Waals surface area contributed by atoms with Crippen molar-refractivity contribution in [1.29, 1.82) is 0 Å². The van der Waals surface area contributed by atoms with Crippen LogP contribution in [0.3, 0.4) is 0 Å². The summed E-state index contributed by atoms with van der Waals surface area (Å²) >= 11 is 1.59. The van der Waals surface area contributed by atoms with Gasteiger partial charge < -0.3 is 10.4 Å². The van der Waals surface area contributed by atoms with E-state index in [1.54, 1.807) is 11.8 Å². The van der Waals surface area contributed by atoms with Crippen LogP contribution in [0.1, 0.15) is 12.6 Å². The van der Waals surface area contributed by atoms with E-state index >= 15 is 0 Å². The summed E-state index contributed by atoms with van der Waals surface area (Å²) in [5, 5.41) is 9.25. The van der Waals surface area contributed by atoms with E-state index in [4.69, 9.17) is 0 Å². The van der Waals surface area contributed by atoms with Crippen molar-refractivity contribution in [3.05, 3.63) is 70.6 Å². The number of benzene rings is 2. The third-order valence-corrected chi connectivity index (χ3v) is 5.37. The molecule has 2 aromatic carbocycles. The fourth-order valence-corrected chi connectivity index (χ4v) is 4.03. The maximum Gasteiger partial charge on any atom is 0.273 e. The number of nitrogens with one attached hydrogen (secondary N) is 3. The monoisotopic (exact) mass is 390 g/mol. The molecular formula is C21H18N4O2S. The van der Waals surface area contributed by atoms with Crippen LogP contribution in [0.2, 0.25) is 0 Å². The SMILES string of the molecule is CC(=O)Nc1ccc(Sc2cc(-c3c(C)[nH][nH]c3=O)nc3ccccc23)cc1. The number of rotatable bonds is 4. The Morgan fingerprint density at radius 1 is 1.07 bits per heavy atom. The number of aryl methyl sites for hydroxylation is 1. The second-order valence-electron chi connectivity index (χ2n) is 6.41. The molecule has 0 saturated heterocycles. The van der Waals surface area contributed by atoms with Crippen LogP contribution in [-0.4, -0.2) is 21.1 Å². The Labute approximate surface area is 165 Å². The fraction of sp³-hybridized carbons (Fsp3) is 0.0952. The lowest BCUT2D eigenvalue weighted by molar-refractivity contribution is -0.114. The first-order chi connectivity index (χ1) is 13.5. The number of nitrogens with zero attached hydrogens (tertiary/aromatic N) is 1. The number of para-hydroxylation sites is 1. The standard InChI is InChI=1S/C21H18N4O2S/c1-12-20(21(27)25-24-12)18-11-19(16-5-3-4-6-17(16)23-18)28-15-9-7-14(8-10-15)22-13(2)26/h3-11H,1-2H3,(H,22,26)(H2,24,25,27). The Bertz CT molecular complexity index is 1230. The van der Waals surface area contributed by atoms with Crippen molar-refractivity contribution >= 4 is 34.3 Å². The minimum atomic E-state index is -0.184. The first kappa shape index (κ1) is 18.1. The van der Waals surface area contributed by atoms with Crippen molar-refractivity contribution in [1.82, 2.24) is 15.2 Å². The second-order valence-corrected chi connectivity index (χ2v) is 7.52. The van der Waals surface area contributed by atoms with Gasteiger partial charge >= 0.3 is 0 Å². The summed E-state index contributed by atoms with van der Waals surface area (Å²) < 4.78 is 0. The number of hydrogen-bond donors (Lipinski definition) is 3. The summed E-state index contributed by atoms with van der Waals surface area (Å²) in [6.45, 7) is 3.33. The molecule has 4 aromatic rings. The van der Waals surface area contributed by atoms with Crippen LogP contribution in [0.15, 0.2) is 69.2 Å². The molecule has 7 heteroatoms. The number of carbonyl (C=O) groups is 1. The summed E-state index contributed by atoms with van der Waals surface area (Å²) in [6, 6.07) is 17.5. The van der Waals surface area contributed by atoms with Gasteiger partial charge in [-0.2, -0.15) is 0 Å². The lowest BCUT2D eigenvalue weighted by atomic mass is 10.1. The average Bonchev–Trinajstić information content (AvgIpc) is 3.01. The number of aromatic amines is 2. The van der Waals surface area contributed by atoms with Gasteiger partial charge in [0.15, 0.2) is 0 Å². The molecular weight excluding hydrogens is 372 g/mol. The number of fused-ring (bicyclic) bond motifs is 1. The summed E-state index contributed by atoms with van der Waals surface area (Å²) in [5.41, 5.74) is 3.34. The Morgan fingerprint density at radius 2 is 1.82 bits per heavy atom. The van der Waals surface area contributed by atoms with Crippen LogP contribution in [0.4, 0.5) is 5.69 Å². The first-order valence-electron chi connectivity index (χ1n) is 8.74. The first-order valence-corrected chi connectivity index (χ1v) is 9.56. The zero-order valence-corrected chi connectivity index (χ0v) is 16.2. The Hall–Kier alpha value is -3.32. The number of carbonyl (C=O) groups excluding carboxylic acids is 1. The topological polar surface area (TPSA) is 90.6 Å². The normalized spacial score (nSPS) is 10.9. The van der Waals surface area contributed by atoms with E-state index in [-0.39, 0.29) is 11.5 Å². The van der Waals surface area contributed by atoms with Crippen molar-refractivity contribution in [3.63, 3.8) is 0 Å². The molecule has 0 aliphatic carbocycles. The highest BCUT2D eigenvalue weighted by Crippen LogP contribution is 2.36. The highest BCUT2D eigenvalue weighted by atomic mass is 32.2. The predicted molar refractivity (Wildman–Crippen MR) is 112 cm³/mol. The van der Waals surface area contributed by atoms with Crippen LogP contribution < -0.4 is 10.9 Å². The molecule has 1 amide bonds. The Kier molecular flexibility index (Phi) is 4.75. The summed E-state index contributed by atoms with van der Waals surface area (Å²) in [4.78, 5) is 30.1. The fourth-order valence-electron chi connectivity index (χ4n) is 3.05. The highest BCUT2D eigenvalue weighted by molar-refractivity contribution is 7.99. The molecule has 0 radical (unpaired) electrons. The van der Waals surface area contributed by atoms with E-state index in [1.807, 2.05) is 61.5 Å². The summed E-state index contributed by atoms with van der Waals surface area (Å²) in [7, 11) is 0. The van der Waals surface area contributed by atoms with Crippen molar-refractivity contribution in [2.45, 2.75) is 23.6 Å². The maximum atomic E-state index is 12.2. The number of amides is 1. The zero-order chi connectivity index (χ0) is 19.7. The third kappa shape index (κ3) is 3.57. The van der Waals surface area contributed by atoms with Crippen LogP contribution >= 0.6 is 11.8 Å². The van der Waals surface area contributed by atoms with E-state index in [0.717, 1.165) is 32.1 Å². The van der Waals surface area contributed by atoms with Gasteiger partial charge in [0.1, 0.15) is 0 Å². The van der Waals surface area contributed by atoms with Gasteiger partial charge in [-0.25, -0.2) is 4.98 Å². The molecule has 0 spiro atoms. The van der Waals surface area contributed by atoms with Gasteiger partial charge in [0.25, 0.3) is 5.56 Å². The number of hydrogen-bond acceptors (Lipinski definition) is 4. The molecule has 2 heterocycles. The quantitative estimate of drug-likeness (QED) is 0.484. The van der Waals surface area contributed by atoms with Crippen molar-refractivity contribution in [3.8, 4) is 11.3 Å². The molecule has 3 N–H and O–H groups in total. The van der Waals surface area contributed by atoms with E-state index < -0.39 is 0 Å². The van der Waals surface area contributed by atoms with Crippen molar-refractivity contribution < 1.29 is 4.79 Å². The molecule has 2 aromatic heterocycles. The minimum absolute atomic E-state index is 0.0998. The number of anilines is 1. The molecule has 140 valence electrons. The zero-order valence-electron chi connectivity index (χ0n) is 15.4. The molecule has 0 fully saturated rings. The van der Waals surface area contributed by atoms with Gasteiger partial charge in [0.05, 0.1) is 16.8 Å². The largest absolute Gasteiger partial charge is 0.326 e. The minimum Gasteiger partial charge on any atom is -0.326 e. The number of aromatic nitrogens is 3. The second kappa shape index (κ2) is 7.36. The van der Waals surface area contributed by atoms with Crippen LogP contribution in [0.5, 0.6) is 0 Å². The lowest BCUT2D eigenvalue weighted by Gasteiger charge is -2.10. The molecule has 0 bridgehead atoms. The van der Waals surface area contributed by atoms with E-state index in [0.29, 0.717) is 11.3 Å². The lowest BCUT2D eigenvalue weighted by Crippen LogP contribution is -2.05. The summed E-state index contributed by atoms with van der Waals surface area (Å²) in [5.74, 6) is -0.0998.